The van der Waals surface area contributed by atoms with Crippen LogP contribution in [0, 0.1) is 11.6 Å². The Morgan fingerprint density at radius 1 is 1.00 bits per heavy atom. The van der Waals surface area contributed by atoms with Gasteiger partial charge >= 0.3 is 0 Å². The van der Waals surface area contributed by atoms with Crippen LogP contribution in [0.25, 0.3) is 16.9 Å². The van der Waals surface area contributed by atoms with E-state index in [-0.39, 0.29) is 39.9 Å². The van der Waals surface area contributed by atoms with Crippen molar-refractivity contribution in [2.24, 2.45) is 7.05 Å². The number of amides is 2. The van der Waals surface area contributed by atoms with Crippen molar-refractivity contribution < 1.29 is 18.4 Å². The Kier molecular flexibility index (Phi) is 7.10. The molecular formula is C26H19ClF2N8O2. The molecule has 5 aromatic rings. The maximum atomic E-state index is 14.7. The summed E-state index contributed by atoms with van der Waals surface area (Å²) in [5, 5.41) is 17.3. The molecule has 2 N–H and O–H groups in total. The number of nitrogens with zero attached hydrogens (tertiary/aromatic N) is 6. The fourth-order valence-corrected chi connectivity index (χ4v) is 3.99. The van der Waals surface area contributed by atoms with Gasteiger partial charge in [-0.2, -0.15) is 5.10 Å². The van der Waals surface area contributed by atoms with E-state index in [1.807, 2.05) is 0 Å². The van der Waals surface area contributed by atoms with Crippen molar-refractivity contribution in [1.82, 2.24) is 35.1 Å². The summed E-state index contributed by atoms with van der Waals surface area (Å²) in [6, 6.07) is 14.7. The molecule has 10 nitrogen and oxygen atoms in total. The molecule has 0 atom stereocenters. The van der Waals surface area contributed by atoms with E-state index in [9.17, 15) is 18.4 Å². The number of anilines is 1. The summed E-state index contributed by atoms with van der Waals surface area (Å²) < 4.78 is 31.9. The van der Waals surface area contributed by atoms with Crippen LogP contribution < -0.4 is 10.6 Å². The number of rotatable bonds is 7. The minimum Gasteiger partial charge on any atom is -0.345 e. The third kappa shape index (κ3) is 5.50. The van der Waals surface area contributed by atoms with Gasteiger partial charge in [-0.25, -0.2) is 13.5 Å². The molecular weight excluding hydrogens is 530 g/mol. The first-order valence-electron chi connectivity index (χ1n) is 11.5. The van der Waals surface area contributed by atoms with Crippen LogP contribution in [0.15, 0.2) is 73.1 Å². The lowest BCUT2D eigenvalue weighted by molar-refractivity contribution is 0.0944. The van der Waals surface area contributed by atoms with Crippen LogP contribution in [-0.2, 0) is 13.6 Å². The molecule has 0 bridgehead atoms. The van der Waals surface area contributed by atoms with Crippen LogP contribution in [0.4, 0.5) is 14.6 Å². The second-order valence-corrected chi connectivity index (χ2v) is 8.74. The highest BCUT2D eigenvalue weighted by atomic mass is 35.5. The number of benzene rings is 2. The number of carbonyl (C=O) groups excluding carboxylic acids is 2. The molecule has 2 aromatic carbocycles. The van der Waals surface area contributed by atoms with Crippen LogP contribution in [-0.4, -0.2) is 41.6 Å². The number of hydrogen-bond acceptors (Lipinski definition) is 6. The highest BCUT2D eigenvalue weighted by Gasteiger charge is 2.22. The standard InChI is InChI=1S/C26H19ClF2N8O2/c1-36-14-15(33-35-36)13-31-26(39)22-12-23(37(34-22)16-6-3-2-4-7-16)32-25(38)17-10-18(21(29)11-19(17)27)24-20(28)8-5-9-30-24/h2-12,14H,13H2,1H3,(H,31,39)(H,32,38). The van der Waals surface area contributed by atoms with Crippen LogP contribution in [0.1, 0.15) is 26.5 Å². The highest BCUT2D eigenvalue weighted by Crippen LogP contribution is 2.30. The molecule has 196 valence electrons. The number of aromatic nitrogens is 6. The summed E-state index contributed by atoms with van der Waals surface area (Å²) >= 11 is 6.19. The van der Waals surface area contributed by atoms with Gasteiger partial charge in [0.2, 0.25) is 0 Å². The predicted molar refractivity (Wildman–Crippen MR) is 138 cm³/mol. The summed E-state index contributed by atoms with van der Waals surface area (Å²) in [7, 11) is 1.71. The summed E-state index contributed by atoms with van der Waals surface area (Å²) in [4.78, 5) is 30.0. The molecule has 0 radical (unpaired) electrons. The Balaban J connectivity index is 1.46. The van der Waals surface area contributed by atoms with Gasteiger partial charge in [-0.05, 0) is 36.4 Å². The Morgan fingerprint density at radius 2 is 1.79 bits per heavy atom. The number of aryl methyl sites for hydroxylation is 1. The molecule has 0 aliphatic carbocycles. The maximum absolute atomic E-state index is 14.7. The zero-order valence-corrected chi connectivity index (χ0v) is 21.0. The maximum Gasteiger partial charge on any atom is 0.272 e. The van der Waals surface area contributed by atoms with Crippen LogP contribution in [0.3, 0.4) is 0 Å². The van der Waals surface area contributed by atoms with E-state index < -0.39 is 23.4 Å². The van der Waals surface area contributed by atoms with E-state index >= 15 is 0 Å². The SMILES string of the molecule is Cn1cc(CNC(=O)c2cc(NC(=O)c3cc(-c4ncccc4F)c(F)cc3Cl)n(-c3ccccc3)n2)nn1. The van der Waals surface area contributed by atoms with Gasteiger partial charge in [-0.15, -0.1) is 5.10 Å². The van der Waals surface area contributed by atoms with Crippen molar-refractivity contribution in [1.29, 1.82) is 0 Å². The number of para-hydroxylation sites is 1. The minimum atomic E-state index is -0.842. The highest BCUT2D eigenvalue weighted by molar-refractivity contribution is 6.34. The molecule has 0 saturated heterocycles. The molecule has 13 heteroatoms. The summed E-state index contributed by atoms with van der Waals surface area (Å²) in [6.45, 7) is 0.116. The smallest absolute Gasteiger partial charge is 0.272 e. The summed E-state index contributed by atoms with van der Waals surface area (Å²) in [5.74, 6) is -2.71. The van der Waals surface area contributed by atoms with E-state index in [1.54, 1.807) is 43.6 Å². The number of nitrogens with one attached hydrogen (secondary N) is 2. The Morgan fingerprint density at radius 3 is 2.51 bits per heavy atom. The summed E-state index contributed by atoms with van der Waals surface area (Å²) in [5.41, 5.74) is 0.489. The van der Waals surface area contributed by atoms with E-state index in [4.69, 9.17) is 11.6 Å². The van der Waals surface area contributed by atoms with Crippen molar-refractivity contribution in [3.63, 3.8) is 0 Å². The zero-order chi connectivity index (χ0) is 27.5. The van der Waals surface area contributed by atoms with E-state index in [1.165, 1.54) is 27.7 Å². The zero-order valence-electron chi connectivity index (χ0n) is 20.3. The van der Waals surface area contributed by atoms with Gasteiger partial charge in [0.25, 0.3) is 11.8 Å². The van der Waals surface area contributed by atoms with E-state index in [0.717, 1.165) is 18.2 Å². The number of carbonyl (C=O) groups is 2. The number of halogens is 3. The molecule has 3 aromatic heterocycles. The lowest BCUT2D eigenvalue weighted by Gasteiger charge is -2.11. The average molecular weight is 549 g/mol. The van der Waals surface area contributed by atoms with Crippen LogP contribution in [0.2, 0.25) is 5.02 Å². The van der Waals surface area contributed by atoms with E-state index in [0.29, 0.717) is 11.4 Å². The summed E-state index contributed by atoms with van der Waals surface area (Å²) in [6.07, 6.45) is 2.97. The molecule has 5 rings (SSSR count). The first-order chi connectivity index (χ1) is 18.8. The fraction of sp³-hybridized carbons (Fsp3) is 0.0769. The van der Waals surface area contributed by atoms with Crippen molar-refractivity contribution in [3.05, 3.63) is 107 Å². The monoisotopic (exact) mass is 548 g/mol. The predicted octanol–water partition coefficient (Wildman–Crippen LogP) is 4.18. The Hall–Kier alpha value is -4.97. The van der Waals surface area contributed by atoms with E-state index in [2.05, 4.69) is 31.0 Å². The van der Waals surface area contributed by atoms with Crippen molar-refractivity contribution in [2.75, 3.05) is 5.32 Å². The molecule has 0 aliphatic heterocycles. The second-order valence-electron chi connectivity index (χ2n) is 8.33. The fourth-order valence-electron chi connectivity index (χ4n) is 3.76. The van der Waals surface area contributed by atoms with Gasteiger partial charge < -0.3 is 10.6 Å². The average Bonchev–Trinajstić information content (AvgIpc) is 3.54. The van der Waals surface area contributed by atoms with Crippen molar-refractivity contribution >= 4 is 29.2 Å². The topological polar surface area (TPSA) is 120 Å². The quantitative estimate of drug-likeness (QED) is 0.315. The van der Waals surface area contributed by atoms with Crippen LogP contribution in [0.5, 0.6) is 0 Å². The van der Waals surface area contributed by atoms with Gasteiger partial charge in [0.1, 0.15) is 28.8 Å². The van der Waals surface area contributed by atoms with Gasteiger partial charge in [0.15, 0.2) is 5.69 Å². The largest absolute Gasteiger partial charge is 0.345 e. The molecule has 0 fully saturated rings. The molecule has 3 heterocycles. The van der Waals surface area contributed by atoms with Crippen LogP contribution >= 0.6 is 11.6 Å². The first kappa shape index (κ1) is 25.7. The third-order valence-electron chi connectivity index (χ3n) is 5.58. The normalized spacial score (nSPS) is 10.9. The van der Waals surface area contributed by atoms with Gasteiger partial charge in [0.05, 0.1) is 22.8 Å². The van der Waals surface area contributed by atoms with Gasteiger partial charge in [0, 0.05) is 31.1 Å². The Bertz CT molecular complexity index is 1690. The number of hydrogen-bond donors (Lipinski definition) is 2. The van der Waals surface area contributed by atoms with Crippen molar-refractivity contribution in [2.45, 2.75) is 6.54 Å². The minimum absolute atomic E-state index is 0.0134. The molecule has 0 saturated carbocycles. The third-order valence-corrected chi connectivity index (χ3v) is 5.89. The first-order valence-corrected chi connectivity index (χ1v) is 11.9. The number of pyridine rings is 1. The van der Waals surface area contributed by atoms with Crippen molar-refractivity contribution in [3.8, 4) is 16.9 Å². The lowest BCUT2D eigenvalue weighted by atomic mass is 10.1. The molecule has 39 heavy (non-hydrogen) atoms. The molecule has 0 spiro atoms. The molecule has 2 amide bonds. The second kappa shape index (κ2) is 10.8. The molecule has 0 unspecified atom stereocenters. The van der Waals surface area contributed by atoms with Gasteiger partial charge in [-0.1, -0.05) is 35.0 Å². The lowest BCUT2D eigenvalue weighted by Crippen LogP contribution is -2.23. The van der Waals surface area contributed by atoms with Gasteiger partial charge in [-0.3, -0.25) is 19.3 Å². The Labute approximate surface area is 225 Å². The molecule has 0 aliphatic rings.